The lowest BCUT2D eigenvalue weighted by Gasteiger charge is -2.44. The fourth-order valence-electron chi connectivity index (χ4n) is 5.24. The molecule has 1 aliphatic heterocycles. The average molecular weight is 506 g/mol. The number of benzene rings is 3. The lowest BCUT2D eigenvalue weighted by atomic mass is 9.85. The molecule has 36 heavy (non-hydrogen) atoms. The molecule has 3 aromatic rings. The molecule has 0 amide bonds. The quantitative estimate of drug-likeness (QED) is 0.338. The van der Waals surface area contributed by atoms with E-state index in [0.717, 1.165) is 54.1 Å². The number of hydrogen-bond donors (Lipinski definition) is 1. The maximum Gasteiger partial charge on any atom is 0.144 e. The van der Waals surface area contributed by atoms with Crippen molar-refractivity contribution in [3.05, 3.63) is 106 Å². The Morgan fingerprint density at radius 3 is 1.97 bits per heavy atom. The second-order valence-corrected chi connectivity index (χ2v) is 11.5. The van der Waals surface area contributed by atoms with Gasteiger partial charge in [-0.25, -0.2) is 0 Å². The van der Waals surface area contributed by atoms with Gasteiger partial charge >= 0.3 is 0 Å². The van der Waals surface area contributed by atoms with Gasteiger partial charge < -0.3 is 9.84 Å². The van der Waals surface area contributed by atoms with Crippen molar-refractivity contribution in [2.24, 2.45) is 0 Å². The van der Waals surface area contributed by atoms with Crippen molar-refractivity contribution in [3.8, 4) is 0 Å². The topological polar surface area (TPSA) is 32.7 Å². The summed E-state index contributed by atoms with van der Waals surface area (Å²) in [5, 5.41) is 12.7. The van der Waals surface area contributed by atoms with Gasteiger partial charge in [-0.2, -0.15) is 0 Å². The molecule has 192 valence electrons. The molecule has 1 aliphatic rings. The van der Waals surface area contributed by atoms with Crippen molar-refractivity contribution in [2.75, 3.05) is 13.1 Å². The molecule has 2 unspecified atom stereocenters. The average Bonchev–Trinajstić information content (AvgIpc) is 2.88. The van der Waals surface area contributed by atoms with Crippen LogP contribution in [0.4, 0.5) is 0 Å². The van der Waals surface area contributed by atoms with Gasteiger partial charge in [0.1, 0.15) is 11.8 Å². The van der Waals surface area contributed by atoms with Crippen LogP contribution in [0.25, 0.3) is 0 Å². The fourth-order valence-corrected chi connectivity index (χ4v) is 5.37. The third-order valence-corrected chi connectivity index (χ3v) is 7.63. The van der Waals surface area contributed by atoms with Crippen LogP contribution in [-0.4, -0.2) is 29.2 Å². The molecule has 1 fully saturated rings. The van der Waals surface area contributed by atoms with Gasteiger partial charge in [-0.3, -0.25) is 4.90 Å². The number of hydrogen-bond acceptors (Lipinski definition) is 3. The van der Waals surface area contributed by atoms with E-state index < -0.39 is 5.72 Å². The van der Waals surface area contributed by atoms with Crippen LogP contribution >= 0.6 is 11.6 Å². The number of rotatable bonds is 8. The van der Waals surface area contributed by atoms with Crippen LogP contribution in [0.3, 0.4) is 0 Å². The van der Waals surface area contributed by atoms with Gasteiger partial charge in [0.05, 0.1) is 6.10 Å². The van der Waals surface area contributed by atoms with E-state index >= 15 is 0 Å². The second kappa shape index (κ2) is 11.5. The molecule has 0 saturated carbocycles. The minimum atomic E-state index is -0.953. The van der Waals surface area contributed by atoms with Crippen molar-refractivity contribution in [1.29, 1.82) is 0 Å². The summed E-state index contributed by atoms with van der Waals surface area (Å²) in [5.74, 6) is 0. The molecule has 1 N–H and O–H groups in total. The van der Waals surface area contributed by atoms with E-state index in [1.807, 2.05) is 18.2 Å². The van der Waals surface area contributed by atoms with Crippen LogP contribution in [-0.2, 0) is 15.9 Å². The maximum absolute atomic E-state index is 11.9. The van der Waals surface area contributed by atoms with Gasteiger partial charge in [-0.05, 0) is 59.1 Å². The Morgan fingerprint density at radius 1 is 0.861 bits per heavy atom. The van der Waals surface area contributed by atoms with E-state index in [9.17, 15) is 5.11 Å². The molecular formula is C32H40ClNO2. The highest BCUT2D eigenvalue weighted by Gasteiger charge is 2.38. The molecule has 1 saturated heterocycles. The minimum absolute atomic E-state index is 0.0937. The highest BCUT2D eigenvalue weighted by Crippen LogP contribution is 2.37. The van der Waals surface area contributed by atoms with Gasteiger partial charge in [-0.1, -0.05) is 112 Å². The van der Waals surface area contributed by atoms with Crippen molar-refractivity contribution in [1.82, 2.24) is 4.90 Å². The van der Waals surface area contributed by atoms with Gasteiger partial charge in [0.25, 0.3) is 0 Å². The van der Waals surface area contributed by atoms with Crippen LogP contribution in [0.2, 0.25) is 5.02 Å². The summed E-state index contributed by atoms with van der Waals surface area (Å²) in [6.45, 7) is 10.4. The van der Waals surface area contributed by atoms with E-state index in [4.69, 9.17) is 16.3 Å². The van der Waals surface area contributed by atoms with Crippen molar-refractivity contribution in [3.63, 3.8) is 0 Å². The summed E-state index contributed by atoms with van der Waals surface area (Å²) in [7, 11) is 0. The molecular weight excluding hydrogens is 466 g/mol. The van der Waals surface area contributed by atoms with Crippen LogP contribution in [0.5, 0.6) is 0 Å². The Hall–Kier alpha value is -2.17. The number of halogens is 1. The molecule has 0 bridgehead atoms. The molecule has 0 aliphatic carbocycles. The third kappa shape index (κ3) is 6.20. The van der Waals surface area contributed by atoms with Crippen LogP contribution in [0, 0.1) is 0 Å². The van der Waals surface area contributed by atoms with E-state index in [0.29, 0.717) is 6.42 Å². The summed E-state index contributed by atoms with van der Waals surface area (Å²) in [5.41, 5.74) is 3.66. The molecule has 3 nitrogen and oxygen atoms in total. The number of nitrogens with zero attached hydrogens (tertiary/aromatic N) is 1. The Labute approximate surface area is 222 Å². The standard InChI is InChI=1S/C32H40ClNO2/c1-5-21-32(35,27-15-13-26(14-16-27)31(2,3)4)34-22-19-29(20-23-34)36-30(24-9-7-6-8-10-24)25-11-17-28(33)18-12-25/h6-18,29-30,35H,5,19-23H2,1-4H3. The molecule has 1 heterocycles. The van der Waals surface area contributed by atoms with Crippen LogP contribution in [0.15, 0.2) is 78.9 Å². The largest absolute Gasteiger partial charge is 0.371 e. The fraction of sp³-hybridized carbons (Fsp3) is 0.438. The summed E-state index contributed by atoms with van der Waals surface area (Å²) in [6.07, 6.45) is 3.37. The molecule has 4 heteroatoms. The molecule has 0 radical (unpaired) electrons. The first-order valence-electron chi connectivity index (χ1n) is 13.2. The number of likely N-dealkylation sites (tertiary alicyclic amines) is 1. The van der Waals surface area contributed by atoms with Crippen molar-refractivity contribution >= 4 is 11.6 Å². The Bertz CT molecular complexity index is 1080. The highest BCUT2D eigenvalue weighted by molar-refractivity contribution is 6.30. The minimum Gasteiger partial charge on any atom is -0.371 e. The lowest BCUT2D eigenvalue weighted by molar-refractivity contribution is -0.147. The molecule has 2 atom stereocenters. The predicted octanol–water partition coefficient (Wildman–Crippen LogP) is 7.85. The zero-order chi connectivity index (χ0) is 25.8. The predicted molar refractivity (Wildman–Crippen MR) is 149 cm³/mol. The monoisotopic (exact) mass is 505 g/mol. The van der Waals surface area contributed by atoms with Crippen molar-refractivity contribution in [2.45, 2.75) is 76.7 Å². The first kappa shape index (κ1) is 26.9. The number of ether oxygens (including phenoxy) is 1. The highest BCUT2D eigenvalue weighted by atomic mass is 35.5. The smallest absolute Gasteiger partial charge is 0.144 e. The maximum atomic E-state index is 11.9. The van der Waals surface area contributed by atoms with E-state index in [1.54, 1.807) is 0 Å². The molecule has 4 rings (SSSR count). The summed E-state index contributed by atoms with van der Waals surface area (Å²) < 4.78 is 6.73. The Morgan fingerprint density at radius 2 is 1.42 bits per heavy atom. The Kier molecular flexibility index (Phi) is 8.57. The van der Waals surface area contributed by atoms with Crippen LogP contribution in [0.1, 0.15) is 81.7 Å². The first-order chi connectivity index (χ1) is 17.2. The van der Waals surface area contributed by atoms with E-state index in [2.05, 4.69) is 93.3 Å². The summed E-state index contributed by atoms with van der Waals surface area (Å²) >= 11 is 6.15. The summed E-state index contributed by atoms with van der Waals surface area (Å²) in [6, 6.07) is 26.9. The Balaban J connectivity index is 1.48. The van der Waals surface area contributed by atoms with Crippen molar-refractivity contribution < 1.29 is 9.84 Å². The molecule has 0 spiro atoms. The van der Waals surface area contributed by atoms with E-state index in [-0.39, 0.29) is 17.6 Å². The van der Waals surface area contributed by atoms with Gasteiger partial charge in [0, 0.05) is 18.1 Å². The third-order valence-electron chi connectivity index (χ3n) is 7.38. The zero-order valence-electron chi connectivity index (χ0n) is 22.1. The molecule has 3 aromatic carbocycles. The normalized spacial score (nSPS) is 18.1. The second-order valence-electron chi connectivity index (χ2n) is 11.1. The SMILES string of the molecule is CCCC(O)(c1ccc(C(C)(C)C)cc1)N1CCC(OC(c2ccccc2)c2ccc(Cl)cc2)CC1. The van der Waals surface area contributed by atoms with Crippen LogP contribution < -0.4 is 0 Å². The lowest BCUT2D eigenvalue weighted by Crippen LogP contribution is -2.51. The van der Waals surface area contributed by atoms with Gasteiger partial charge in [-0.15, -0.1) is 0 Å². The first-order valence-corrected chi connectivity index (χ1v) is 13.6. The molecule has 0 aromatic heterocycles. The summed E-state index contributed by atoms with van der Waals surface area (Å²) in [4.78, 5) is 2.25. The van der Waals surface area contributed by atoms with Gasteiger partial charge in [0.2, 0.25) is 0 Å². The number of aliphatic hydroxyl groups is 1. The number of piperidine rings is 1. The van der Waals surface area contributed by atoms with E-state index in [1.165, 1.54) is 5.56 Å². The zero-order valence-corrected chi connectivity index (χ0v) is 22.8. The van der Waals surface area contributed by atoms with Gasteiger partial charge in [0.15, 0.2) is 0 Å².